The highest BCUT2D eigenvalue weighted by molar-refractivity contribution is 5.91. The van der Waals surface area contributed by atoms with E-state index in [1.807, 2.05) is 60.7 Å². The molecule has 0 atom stereocenters. The van der Waals surface area contributed by atoms with E-state index in [1.165, 1.54) is 30.0 Å². The monoisotopic (exact) mass is 403 g/mol. The van der Waals surface area contributed by atoms with Crippen molar-refractivity contribution in [2.24, 2.45) is 14.1 Å². The average Bonchev–Trinajstić information content (AvgIpc) is 2.78. The summed E-state index contributed by atoms with van der Waals surface area (Å²) < 4.78 is 2.35. The first-order valence-corrected chi connectivity index (χ1v) is 9.77. The summed E-state index contributed by atoms with van der Waals surface area (Å²) in [6.07, 6.45) is 5.05. The maximum atomic E-state index is 13.0. The standard InChI is InChI=1S/C24H25N3O3/c1-25-18-21(23(29)26(2)24(25)30)13-14-22(28)27(17-20-11-7-4-8-12-20)16-15-19-9-5-3-6-10-19/h3-14,18H,15-17H2,1-2H3/b14-13+. The molecule has 6 heteroatoms. The van der Waals surface area contributed by atoms with Crippen LogP contribution >= 0.6 is 0 Å². The van der Waals surface area contributed by atoms with Gasteiger partial charge in [-0.2, -0.15) is 0 Å². The van der Waals surface area contributed by atoms with Gasteiger partial charge in [-0.15, -0.1) is 0 Å². The van der Waals surface area contributed by atoms with E-state index in [1.54, 1.807) is 11.9 Å². The third-order valence-corrected chi connectivity index (χ3v) is 4.92. The van der Waals surface area contributed by atoms with Crippen LogP contribution in [0.5, 0.6) is 0 Å². The average molecular weight is 403 g/mol. The molecule has 0 saturated heterocycles. The van der Waals surface area contributed by atoms with E-state index >= 15 is 0 Å². The number of benzene rings is 2. The van der Waals surface area contributed by atoms with E-state index in [0.29, 0.717) is 13.1 Å². The van der Waals surface area contributed by atoms with E-state index in [4.69, 9.17) is 0 Å². The van der Waals surface area contributed by atoms with Crippen molar-refractivity contribution in [3.8, 4) is 0 Å². The van der Waals surface area contributed by atoms with Crippen LogP contribution in [0.3, 0.4) is 0 Å². The minimum absolute atomic E-state index is 0.189. The Balaban J connectivity index is 1.81. The molecule has 3 aromatic rings. The second-order valence-corrected chi connectivity index (χ2v) is 7.16. The van der Waals surface area contributed by atoms with Crippen LogP contribution < -0.4 is 11.2 Å². The van der Waals surface area contributed by atoms with E-state index in [2.05, 4.69) is 0 Å². The summed E-state index contributed by atoms with van der Waals surface area (Å²) >= 11 is 0. The summed E-state index contributed by atoms with van der Waals surface area (Å²) in [4.78, 5) is 38.8. The maximum Gasteiger partial charge on any atom is 0.330 e. The van der Waals surface area contributed by atoms with Gasteiger partial charge in [-0.05, 0) is 23.6 Å². The Kier molecular flexibility index (Phi) is 6.80. The van der Waals surface area contributed by atoms with Gasteiger partial charge in [-0.3, -0.25) is 14.2 Å². The van der Waals surface area contributed by atoms with Crippen LogP contribution in [-0.4, -0.2) is 26.5 Å². The van der Waals surface area contributed by atoms with Crippen molar-refractivity contribution in [2.45, 2.75) is 13.0 Å². The Bertz CT molecular complexity index is 1150. The number of aromatic nitrogens is 2. The third-order valence-electron chi connectivity index (χ3n) is 4.92. The van der Waals surface area contributed by atoms with Gasteiger partial charge in [0.25, 0.3) is 5.56 Å². The quantitative estimate of drug-likeness (QED) is 0.569. The van der Waals surface area contributed by atoms with Crippen molar-refractivity contribution in [3.05, 3.63) is 110 Å². The minimum atomic E-state index is -0.430. The molecular weight excluding hydrogens is 378 g/mol. The summed E-state index contributed by atoms with van der Waals surface area (Å²) in [5, 5.41) is 0. The third kappa shape index (κ3) is 5.23. The SMILES string of the molecule is Cn1cc(/C=C/C(=O)N(CCc2ccccc2)Cc2ccccc2)c(=O)n(C)c1=O. The molecular formula is C24H25N3O3. The zero-order valence-electron chi connectivity index (χ0n) is 17.2. The minimum Gasteiger partial charge on any atom is -0.335 e. The van der Waals surface area contributed by atoms with Crippen LogP contribution in [0.25, 0.3) is 6.08 Å². The molecule has 0 radical (unpaired) electrons. The van der Waals surface area contributed by atoms with Crippen LogP contribution in [0.4, 0.5) is 0 Å². The lowest BCUT2D eigenvalue weighted by molar-refractivity contribution is -0.126. The maximum absolute atomic E-state index is 13.0. The predicted octanol–water partition coefficient (Wildman–Crippen LogP) is 2.37. The molecule has 0 N–H and O–H groups in total. The number of rotatable bonds is 7. The molecule has 6 nitrogen and oxygen atoms in total. The van der Waals surface area contributed by atoms with Crippen LogP contribution in [0.1, 0.15) is 16.7 Å². The Morgan fingerprint density at radius 2 is 1.53 bits per heavy atom. The Morgan fingerprint density at radius 1 is 0.933 bits per heavy atom. The van der Waals surface area contributed by atoms with Crippen LogP contribution in [-0.2, 0) is 31.9 Å². The fraction of sp³-hybridized carbons (Fsp3) is 0.208. The highest BCUT2D eigenvalue weighted by atomic mass is 16.2. The molecule has 154 valence electrons. The van der Waals surface area contributed by atoms with Gasteiger partial charge in [0.05, 0.1) is 5.56 Å². The van der Waals surface area contributed by atoms with Crippen molar-refractivity contribution in [1.82, 2.24) is 14.0 Å². The van der Waals surface area contributed by atoms with Crippen molar-refractivity contribution in [3.63, 3.8) is 0 Å². The molecule has 0 aliphatic rings. The van der Waals surface area contributed by atoms with E-state index in [-0.39, 0.29) is 11.5 Å². The Labute approximate surface area is 175 Å². The second kappa shape index (κ2) is 9.69. The Morgan fingerprint density at radius 3 is 2.17 bits per heavy atom. The number of hydrogen-bond donors (Lipinski definition) is 0. The number of carbonyl (C=O) groups excluding carboxylic acids is 1. The molecule has 0 aliphatic carbocycles. The number of hydrogen-bond acceptors (Lipinski definition) is 3. The largest absolute Gasteiger partial charge is 0.335 e. The van der Waals surface area contributed by atoms with Gasteiger partial charge in [0.1, 0.15) is 0 Å². The highest BCUT2D eigenvalue weighted by Gasteiger charge is 2.12. The molecule has 0 aliphatic heterocycles. The predicted molar refractivity (Wildman–Crippen MR) is 118 cm³/mol. The number of nitrogens with zero attached hydrogens (tertiary/aromatic N) is 3. The molecule has 0 fully saturated rings. The van der Waals surface area contributed by atoms with Crippen LogP contribution in [0.15, 0.2) is 82.5 Å². The van der Waals surface area contributed by atoms with E-state index < -0.39 is 11.2 Å². The smallest absolute Gasteiger partial charge is 0.330 e. The van der Waals surface area contributed by atoms with E-state index in [0.717, 1.165) is 22.1 Å². The number of carbonyl (C=O) groups is 1. The molecule has 1 amide bonds. The summed E-state index contributed by atoms with van der Waals surface area (Å²) in [5.74, 6) is -0.189. The number of aryl methyl sites for hydroxylation is 1. The van der Waals surface area contributed by atoms with Gasteiger partial charge >= 0.3 is 5.69 Å². The van der Waals surface area contributed by atoms with Crippen molar-refractivity contribution >= 4 is 12.0 Å². The van der Waals surface area contributed by atoms with Crippen LogP contribution in [0.2, 0.25) is 0 Å². The van der Waals surface area contributed by atoms with Gasteiger partial charge in [0, 0.05) is 39.5 Å². The molecule has 2 aromatic carbocycles. The normalized spacial score (nSPS) is 11.0. The van der Waals surface area contributed by atoms with Crippen molar-refractivity contribution in [1.29, 1.82) is 0 Å². The lowest BCUT2D eigenvalue weighted by Gasteiger charge is -2.21. The van der Waals surface area contributed by atoms with Gasteiger partial charge in [0.15, 0.2) is 0 Å². The molecule has 1 heterocycles. The highest BCUT2D eigenvalue weighted by Crippen LogP contribution is 2.09. The van der Waals surface area contributed by atoms with Gasteiger partial charge in [-0.25, -0.2) is 4.79 Å². The fourth-order valence-corrected chi connectivity index (χ4v) is 3.20. The van der Waals surface area contributed by atoms with Crippen molar-refractivity contribution in [2.75, 3.05) is 6.54 Å². The lowest BCUT2D eigenvalue weighted by atomic mass is 10.1. The van der Waals surface area contributed by atoms with Crippen LogP contribution in [0, 0.1) is 0 Å². The number of amides is 1. The zero-order valence-corrected chi connectivity index (χ0v) is 17.2. The summed E-state index contributed by atoms with van der Waals surface area (Å²) in [7, 11) is 2.99. The van der Waals surface area contributed by atoms with E-state index in [9.17, 15) is 14.4 Å². The van der Waals surface area contributed by atoms with Crippen molar-refractivity contribution < 1.29 is 4.79 Å². The molecule has 3 rings (SSSR count). The zero-order chi connectivity index (χ0) is 21.5. The second-order valence-electron chi connectivity index (χ2n) is 7.16. The molecule has 0 spiro atoms. The summed E-state index contributed by atoms with van der Waals surface area (Å²) in [6.45, 7) is 1.02. The molecule has 0 unspecified atom stereocenters. The summed E-state index contributed by atoms with van der Waals surface area (Å²) in [5.41, 5.74) is 1.64. The molecule has 0 saturated carbocycles. The molecule has 30 heavy (non-hydrogen) atoms. The topological polar surface area (TPSA) is 64.3 Å². The Hall–Kier alpha value is -3.67. The van der Waals surface area contributed by atoms with Gasteiger partial charge < -0.3 is 9.47 Å². The fourth-order valence-electron chi connectivity index (χ4n) is 3.20. The van der Waals surface area contributed by atoms with Gasteiger partial charge in [-0.1, -0.05) is 60.7 Å². The van der Waals surface area contributed by atoms with Gasteiger partial charge in [0.2, 0.25) is 5.91 Å². The molecule has 1 aromatic heterocycles. The lowest BCUT2D eigenvalue weighted by Crippen LogP contribution is -2.37. The molecule has 0 bridgehead atoms. The first-order valence-electron chi connectivity index (χ1n) is 9.77. The first-order chi connectivity index (χ1) is 14.5. The summed E-state index contributed by atoms with van der Waals surface area (Å²) in [6, 6.07) is 19.8. The first kappa shape index (κ1) is 21.0.